The van der Waals surface area contributed by atoms with Crippen molar-refractivity contribution >= 4 is 5.91 Å². The van der Waals surface area contributed by atoms with Gasteiger partial charge in [0.1, 0.15) is 11.4 Å². The van der Waals surface area contributed by atoms with Crippen LogP contribution in [0, 0.1) is 12.7 Å². The van der Waals surface area contributed by atoms with Crippen molar-refractivity contribution in [3.05, 3.63) is 99.7 Å². The Morgan fingerprint density at radius 1 is 1.03 bits per heavy atom. The van der Waals surface area contributed by atoms with Gasteiger partial charge in [-0.2, -0.15) is 5.10 Å². The lowest BCUT2D eigenvalue weighted by atomic mass is 10.1. The molecule has 0 aliphatic rings. The molecule has 0 aliphatic carbocycles. The van der Waals surface area contributed by atoms with Gasteiger partial charge in [-0.05, 0) is 61.7 Å². The summed E-state index contributed by atoms with van der Waals surface area (Å²) in [5, 5.41) is 7.20. The summed E-state index contributed by atoms with van der Waals surface area (Å²) in [6.07, 6.45) is 1.36. The molecule has 2 aromatic carbocycles. The number of carbonyl (C=O) groups excluding carboxylic acids is 1. The van der Waals surface area contributed by atoms with Crippen molar-refractivity contribution in [2.75, 3.05) is 13.6 Å². The lowest BCUT2D eigenvalue weighted by molar-refractivity contribution is 0.0791. The predicted octanol–water partition coefficient (Wildman–Crippen LogP) is 4.58. The van der Waals surface area contributed by atoms with E-state index in [9.17, 15) is 14.0 Å². The van der Waals surface area contributed by atoms with Crippen molar-refractivity contribution in [1.82, 2.24) is 20.1 Å². The van der Waals surface area contributed by atoms with Crippen LogP contribution >= 0.6 is 0 Å². The summed E-state index contributed by atoms with van der Waals surface area (Å²) in [4.78, 5) is 29.7. The lowest BCUT2D eigenvalue weighted by Gasteiger charge is -2.16. The summed E-state index contributed by atoms with van der Waals surface area (Å²) in [6, 6.07) is 19.3. The highest BCUT2D eigenvalue weighted by Crippen LogP contribution is 2.19. The van der Waals surface area contributed by atoms with Crippen LogP contribution in [0.2, 0.25) is 0 Å². The number of carbonyl (C=O) groups is 1. The fourth-order valence-corrected chi connectivity index (χ4v) is 3.72. The number of aromatic nitrogens is 3. The summed E-state index contributed by atoms with van der Waals surface area (Å²) < 4.78 is 13.4. The summed E-state index contributed by atoms with van der Waals surface area (Å²) in [5.74, 6) is -0.629. The number of pyridine rings is 1. The van der Waals surface area contributed by atoms with Gasteiger partial charge >= 0.3 is 0 Å². The maximum absolute atomic E-state index is 13.4. The van der Waals surface area contributed by atoms with Crippen LogP contribution in [0.25, 0.3) is 22.5 Å². The van der Waals surface area contributed by atoms with Gasteiger partial charge in [0.15, 0.2) is 0 Å². The van der Waals surface area contributed by atoms with E-state index in [-0.39, 0.29) is 17.3 Å². The molecule has 2 heterocycles. The van der Waals surface area contributed by atoms with Crippen LogP contribution < -0.4 is 5.56 Å². The molecule has 168 valence electrons. The molecule has 2 aromatic heterocycles. The van der Waals surface area contributed by atoms with E-state index in [1.165, 1.54) is 12.1 Å². The van der Waals surface area contributed by atoms with Crippen molar-refractivity contribution in [3.63, 3.8) is 0 Å². The quantitative estimate of drug-likeness (QED) is 0.438. The zero-order valence-corrected chi connectivity index (χ0v) is 18.6. The van der Waals surface area contributed by atoms with Gasteiger partial charge in [0.05, 0.1) is 5.69 Å². The number of nitrogens with zero attached hydrogens (tertiary/aromatic N) is 2. The Kier molecular flexibility index (Phi) is 6.49. The molecule has 0 fully saturated rings. The molecular weight excluding hydrogens is 419 g/mol. The van der Waals surface area contributed by atoms with Crippen molar-refractivity contribution < 1.29 is 9.18 Å². The molecule has 0 radical (unpaired) electrons. The number of hydrogen-bond acceptors (Lipinski definition) is 3. The summed E-state index contributed by atoms with van der Waals surface area (Å²) >= 11 is 0. The predicted molar refractivity (Wildman–Crippen MR) is 126 cm³/mol. The van der Waals surface area contributed by atoms with Crippen molar-refractivity contribution in [2.45, 2.75) is 19.8 Å². The molecule has 0 saturated heterocycles. The summed E-state index contributed by atoms with van der Waals surface area (Å²) in [5.41, 5.74) is 4.66. The number of halogens is 1. The molecule has 2 N–H and O–H groups in total. The van der Waals surface area contributed by atoms with E-state index in [4.69, 9.17) is 0 Å². The molecular formula is C26H25FN4O2. The second-order valence-corrected chi connectivity index (χ2v) is 8.10. The van der Waals surface area contributed by atoms with Crippen LogP contribution in [0.1, 0.15) is 28.0 Å². The third-order valence-corrected chi connectivity index (χ3v) is 5.51. The van der Waals surface area contributed by atoms with E-state index < -0.39 is 5.56 Å². The van der Waals surface area contributed by atoms with E-state index >= 15 is 0 Å². The van der Waals surface area contributed by atoms with Gasteiger partial charge in [-0.25, -0.2) is 4.39 Å². The Morgan fingerprint density at radius 2 is 1.82 bits per heavy atom. The minimum Gasteiger partial charge on any atom is -0.342 e. The Labute approximate surface area is 191 Å². The molecule has 0 atom stereocenters. The number of benzene rings is 2. The van der Waals surface area contributed by atoms with Crippen LogP contribution in [-0.4, -0.2) is 39.6 Å². The van der Waals surface area contributed by atoms with Gasteiger partial charge in [0.2, 0.25) is 0 Å². The smallest absolute Gasteiger partial charge is 0.261 e. The number of aromatic amines is 2. The second-order valence-electron chi connectivity index (χ2n) is 8.10. The Balaban J connectivity index is 1.36. The monoisotopic (exact) mass is 444 g/mol. The third kappa shape index (κ3) is 5.26. The molecule has 0 spiro atoms. The van der Waals surface area contributed by atoms with Gasteiger partial charge in [0.25, 0.3) is 11.5 Å². The van der Waals surface area contributed by atoms with Gasteiger partial charge in [0, 0.05) is 30.5 Å². The standard InChI is InChI=1S/C26H25FN4O2/c1-17-6-3-7-18(14-17)23-12-11-22(25(32)28-23)26(33)31(2)13-5-10-21-16-24(30-29-21)19-8-4-9-20(27)15-19/h3-4,6-9,11-12,14-16H,5,10,13H2,1-2H3,(H,28,32)(H,29,30). The van der Waals surface area contributed by atoms with E-state index in [0.29, 0.717) is 36.3 Å². The van der Waals surface area contributed by atoms with E-state index in [1.54, 1.807) is 36.2 Å². The molecule has 7 heteroatoms. The fourth-order valence-electron chi connectivity index (χ4n) is 3.72. The van der Waals surface area contributed by atoms with Crippen molar-refractivity contribution in [2.24, 2.45) is 0 Å². The lowest BCUT2D eigenvalue weighted by Crippen LogP contribution is -2.32. The van der Waals surface area contributed by atoms with Crippen molar-refractivity contribution in [3.8, 4) is 22.5 Å². The molecule has 1 amide bonds. The topological polar surface area (TPSA) is 81.8 Å². The molecule has 4 aromatic rings. The van der Waals surface area contributed by atoms with Crippen LogP contribution in [0.4, 0.5) is 4.39 Å². The van der Waals surface area contributed by atoms with E-state index in [0.717, 1.165) is 16.8 Å². The Bertz CT molecular complexity index is 1340. The Morgan fingerprint density at radius 3 is 2.58 bits per heavy atom. The molecule has 0 aliphatic heterocycles. The number of rotatable bonds is 7. The van der Waals surface area contributed by atoms with Crippen LogP contribution in [0.3, 0.4) is 0 Å². The highest BCUT2D eigenvalue weighted by atomic mass is 19.1. The largest absolute Gasteiger partial charge is 0.342 e. The molecule has 33 heavy (non-hydrogen) atoms. The number of hydrogen-bond donors (Lipinski definition) is 2. The first-order valence-electron chi connectivity index (χ1n) is 10.8. The van der Waals surface area contributed by atoms with Crippen LogP contribution in [0.15, 0.2) is 71.5 Å². The Hall–Kier alpha value is -4.00. The SMILES string of the molecule is Cc1cccc(-c2ccc(C(=O)N(C)CCCc3cc(-c4cccc(F)c4)n[nH]3)c(=O)[nH]2)c1. The first kappa shape index (κ1) is 22.2. The number of aryl methyl sites for hydroxylation is 2. The fraction of sp³-hybridized carbons (Fsp3) is 0.192. The number of nitrogens with one attached hydrogen (secondary N) is 2. The van der Waals surface area contributed by atoms with Crippen molar-refractivity contribution in [1.29, 1.82) is 0 Å². The van der Waals surface area contributed by atoms with Gasteiger partial charge in [-0.15, -0.1) is 0 Å². The number of H-pyrrole nitrogens is 2. The average molecular weight is 445 g/mol. The second kappa shape index (κ2) is 9.65. The highest BCUT2D eigenvalue weighted by Gasteiger charge is 2.16. The van der Waals surface area contributed by atoms with E-state index in [1.807, 2.05) is 37.3 Å². The average Bonchev–Trinajstić information content (AvgIpc) is 3.27. The highest BCUT2D eigenvalue weighted by molar-refractivity contribution is 5.94. The molecule has 6 nitrogen and oxygen atoms in total. The minimum atomic E-state index is -0.404. The zero-order valence-electron chi connectivity index (χ0n) is 18.6. The number of amides is 1. The molecule has 0 unspecified atom stereocenters. The first-order valence-corrected chi connectivity index (χ1v) is 10.8. The maximum Gasteiger partial charge on any atom is 0.261 e. The van der Waals surface area contributed by atoms with Crippen LogP contribution in [0.5, 0.6) is 0 Å². The normalized spacial score (nSPS) is 10.9. The van der Waals surface area contributed by atoms with E-state index in [2.05, 4.69) is 15.2 Å². The zero-order chi connectivity index (χ0) is 23.4. The van der Waals surface area contributed by atoms with Gasteiger partial charge < -0.3 is 9.88 Å². The first-order chi connectivity index (χ1) is 15.9. The third-order valence-electron chi connectivity index (χ3n) is 5.51. The summed E-state index contributed by atoms with van der Waals surface area (Å²) in [6.45, 7) is 2.46. The molecule has 0 saturated carbocycles. The molecule has 0 bridgehead atoms. The van der Waals surface area contributed by atoms with Gasteiger partial charge in [-0.1, -0.05) is 35.9 Å². The molecule has 4 rings (SSSR count). The minimum absolute atomic E-state index is 0.115. The van der Waals surface area contributed by atoms with Gasteiger partial charge in [-0.3, -0.25) is 14.7 Å². The maximum atomic E-state index is 13.4. The van der Waals surface area contributed by atoms with Crippen LogP contribution in [-0.2, 0) is 6.42 Å². The summed E-state index contributed by atoms with van der Waals surface area (Å²) in [7, 11) is 1.68.